The van der Waals surface area contributed by atoms with Crippen LogP contribution in [-0.2, 0) is 6.54 Å². The fourth-order valence-corrected chi connectivity index (χ4v) is 4.74. The summed E-state index contributed by atoms with van der Waals surface area (Å²) in [6.07, 6.45) is -0.672. The van der Waals surface area contributed by atoms with Crippen LogP contribution in [0, 0.1) is 6.92 Å². The van der Waals surface area contributed by atoms with Crippen LogP contribution in [0.15, 0.2) is 64.8 Å². The summed E-state index contributed by atoms with van der Waals surface area (Å²) >= 11 is 1.47. The summed E-state index contributed by atoms with van der Waals surface area (Å²) in [5, 5.41) is 13.2. The number of benzene rings is 2. The summed E-state index contributed by atoms with van der Waals surface area (Å²) in [4.78, 5) is 23.4. The summed E-state index contributed by atoms with van der Waals surface area (Å²) in [6.45, 7) is 7.14. The number of thiophene rings is 1. The molecule has 2 N–H and O–H groups in total. The number of aromatic nitrogens is 2. The summed E-state index contributed by atoms with van der Waals surface area (Å²) in [6, 6.07) is 17.8. The Morgan fingerprint density at radius 2 is 1.85 bits per heavy atom. The van der Waals surface area contributed by atoms with Crippen LogP contribution in [-0.4, -0.2) is 45.3 Å². The van der Waals surface area contributed by atoms with Gasteiger partial charge in [0.15, 0.2) is 0 Å². The van der Waals surface area contributed by atoms with Crippen LogP contribution in [0.2, 0.25) is 0 Å². The van der Waals surface area contributed by atoms with Crippen LogP contribution in [0.3, 0.4) is 0 Å². The van der Waals surface area contributed by atoms with Crippen molar-refractivity contribution in [2.75, 3.05) is 13.2 Å². The molecule has 0 bridgehead atoms. The Kier molecular flexibility index (Phi) is 7.23. The van der Waals surface area contributed by atoms with E-state index in [2.05, 4.69) is 23.7 Å². The smallest absolute Gasteiger partial charge is 0.260 e. The Balaban J connectivity index is 1.48. The van der Waals surface area contributed by atoms with Crippen molar-refractivity contribution in [1.29, 1.82) is 0 Å². The van der Waals surface area contributed by atoms with E-state index in [0.29, 0.717) is 24.3 Å². The van der Waals surface area contributed by atoms with E-state index in [9.17, 15) is 9.90 Å². The van der Waals surface area contributed by atoms with Crippen LogP contribution in [0.1, 0.15) is 25.2 Å². The molecule has 4 rings (SSSR count). The molecular formula is C26H29N3O3S. The molecule has 0 fully saturated rings. The van der Waals surface area contributed by atoms with Crippen molar-refractivity contribution in [3.05, 3.63) is 81.7 Å². The maximum Gasteiger partial charge on any atom is 0.260 e. The number of hydrogen-bond acceptors (Lipinski definition) is 6. The Hall–Kier alpha value is -3.00. The van der Waals surface area contributed by atoms with Gasteiger partial charge in [0.05, 0.1) is 11.9 Å². The fourth-order valence-electron chi connectivity index (χ4n) is 3.78. The third-order valence-corrected chi connectivity index (χ3v) is 6.50. The van der Waals surface area contributed by atoms with Crippen LogP contribution < -0.4 is 10.3 Å². The highest BCUT2D eigenvalue weighted by atomic mass is 32.1. The molecule has 6 nitrogen and oxygen atoms in total. The minimum absolute atomic E-state index is 0.137. The number of para-hydroxylation sites is 1. The Morgan fingerprint density at radius 1 is 1.12 bits per heavy atom. The zero-order chi connectivity index (χ0) is 23.4. The van der Waals surface area contributed by atoms with Gasteiger partial charge < -0.3 is 14.8 Å². The third kappa shape index (κ3) is 5.50. The summed E-state index contributed by atoms with van der Waals surface area (Å²) in [5.41, 5.74) is 2.80. The van der Waals surface area contributed by atoms with Crippen molar-refractivity contribution >= 4 is 21.6 Å². The lowest BCUT2D eigenvalue weighted by Gasteiger charge is -2.28. The van der Waals surface area contributed by atoms with Gasteiger partial charge in [-0.2, -0.15) is 0 Å². The van der Waals surface area contributed by atoms with Crippen LogP contribution in [0.4, 0.5) is 0 Å². The number of aromatic amines is 1. The summed E-state index contributed by atoms with van der Waals surface area (Å²) in [7, 11) is 0. The van der Waals surface area contributed by atoms with E-state index < -0.39 is 6.10 Å². The van der Waals surface area contributed by atoms with Gasteiger partial charge in [0.2, 0.25) is 0 Å². The quantitative estimate of drug-likeness (QED) is 0.379. The molecule has 0 amide bonds. The van der Waals surface area contributed by atoms with Gasteiger partial charge in [-0.1, -0.05) is 48.5 Å². The van der Waals surface area contributed by atoms with Crippen LogP contribution in [0.25, 0.3) is 21.3 Å². The minimum atomic E-state index is -0.672. The molecule has 0 saturated carbocycles. The molecule has 0 radical (unpaired) electrons. The van der Waals surface area contributed by atoms with E-state index in [4.69, 9.17) is 9.72 Å². The summed E-state index contributed by atoms with van der Waals surface area (Å²) in [5.74, 6) is 1.37. The first-order valence-electron chi connectivity index (χ1n) is 11.1. The molecule has 0 saturated heterocycles. The molecule has 172 valence electrons. The molecule has 0 aliphatic carbocycles. The van der Waals surface area contributed by atoms with Crippen molar-refractivity contribution in [2.45, 2.75) is 39.5 Å². The number of nitrogens with one attached hydrogen (secondary N) is 1. The lowest BCUT2D eigenvalue weighted by molar-refractivity contribution is 0.0531. The monoisotopic (exact) mass is 463 g/mol. The van der Waals surface area contributed by atoms with Crippen molar-refractivity contribution in [1.82, 2.24) is 14.9 Å². The van der Waals surface area contributed by atoms with Crippen molar-refractivity contribution in [3.8, 4) is 16.9 Å². The molecule has 0 spiro atoms. The van der Waals surface area contributed by atoms with Crippen LogP contribution in [0.5, 0.6) is 5.75 Å². The van der Waals surface area contributed by atoms with E-state index in [1.54, 1.807) is 0 Å². The number of aliphatic hydroxyl groups excluding tert-OH is 1. The lowest BCUT2D eigenvalue weighted by atomic mass is 10.1. The average Bonchev–Trinajstić information content (AvgIpc) is 3.23. The van der Waals surface area contributed by atoms with Gasteiger partial charge in [0, 0.05) is 23.5 Å². The van der Waals surface area contributed by atoms with Crippen molar-refractivity contribution in [3.63, 3.8) is 0 Å². The average molecular weight is 464 g/mol. The normalized spacial score (nSPS) is 12.5. The molecule has 2 aromatic carbocycles. The standard InChI is InChI=1S/C26H29N3O3S/c1-17(2)29(13-20(30)15-32-22-12-8-7-9-18(22)3)14-23-27-25(31)24-21(16-33-26(24)28-23)19-10-5-4-6-11-19/h4-12,16-17,20,30H,13-15H2,1-3H3,(H,27,28,31). The van der Waals surface area contributed by atoms with E-state index >= 15 is 0 Å². The maximum absolute atomic E-state index is 12.9. The second-order valence-corrected chi connectivity index (χ2v) is 9.32. The zero-order valence-corrected chi connectivity index (χ0v) is 19.9. The highest BCUT2D eigenvalue weighted by Gasteiger charge is 2.19. The zero-order valence-electron chi connectivity index (χ0n) is 19.1. The predicted octanol–water partition coefficient (Wildman–Crippen LogP) is 4.61. The number of ether oxygens (including phenoxy) is 1. The van der Waals surface area contributed by atoms with Gasteiger partial charge in [0.25, 0.3) is 5.56 Å². The largest absolute Gasteiger partial charge is 0.491 e. The number of aliphatic hydroxyl groups is 1. The van der Waals surface area contributed by atoms with Gasteiger partial charge in [-0.3, -0.25) is 9.69 Å². The van der Waals surface area contributed by atoms with E-state index in [-0.39, 0.29) is 18.2 Å². The molecule has 2 heterocycles. The van der Waals surface area contributed by atoms with Crippen molar-refractivity contribution in [2.24, 2.45) is 0 Å². The molecule has 1 unspecified atom stereocenters. The second-order valence-electron chi connectivity index (χ2n) is 8.46. The molecule has 2 aromatic heterocycles. The topological polar surface area (TPSA) is 78.5 Å². The van der Waals surface area contributed by atoms with Gasteiger partial charge in [-0.25, -0.2) is 4.98 Å². The highest BCUT2D eigenvalue weighted by Crippen LogP contribution is 2.30. The Morgan fingerprint density at radius 3 is 2.58 bits per heavy atom. The minimum Gasteiger partial charge on any atom is -0.491 e. The number of H-pyrrole nitrogens is 1. The second kappa shape index (κ2) is 10.3. The van der Waals surface area contributed by atoms with Gasteiger partial charge in [-0.15, -0.1) is 11.3 Å². The number of rotatable bonds is 9. The third-order valence-electron chi connectivity index (χ3n) is 5.63. The molecule has 0 aliphatic heterocycles. The first-order valence-corrected chi connectivity index (χ1v) is 12.0. The van der Waals surface area contributed by atoms with Gasteiger partial charge >= 0.3 is 0 Å². The summed E-state index contributed by atoms with van der Waals surface area (Å²) < 4.78 is 5.80. The van der Waals surface area contributed by atoms with Gasteiger partial charge in [-0.05, 0) is 38.0 Å². The SMILES string of the molecule is Cc1ccccc1OCC(O)CN(Cc1nc2scc(-c3ccccc3)c2c(=O)[nH]1)C(C)C. The molecule has 0 aliphatic rings. The first kappa shape index (κ1) is 23.2. The lowest BCUT2D eigenvalue weighted by Crippen LogP contribution is -2.40. The number of hydrogen-bond donors (Lipinski definition) is 2. The number of aryl methyl sites for hydroxylation is 1. The molecular weight excluding hydrogens is 434 g/mol. The molecule has 1 atom stereocenters. The van der Waals surface area contributed by atoms with E-state index in [1.807, 2.05) is 66.9 Å². The predicted molar refractivity (Wildman–Crippen MR) is 134 cm³/mol. The molecule has 7 heteroatoms. The number of fused-ring (bicyclic) bond motifs is 1. The highest BCUT2D eigenvalue weighted by molar-refractivity contribution is 7.17. The Labute approximate surface area is 197 Å². The van der Waals surface area contributed by atoms with E-state index in [0.717, 1.165) is 27.3 Å². The molecule has 33 heavy (non-hydrogen) atoms. The first-order chi connectivity index (χ1) is 15.9. The molecule has 4 aromatic rings. The fraction of sp³-hybridized carbons (Fsp3) is 0.308. The van der Waals surface area contributed by atoms with Gasteiger partial charge in [0.1, 0.15) is 29.1 Å². The van der Waals surface area contributed by atoms with E-state index in [1.165, 1.54) is 11.3 Å². The number of nitrogens with zero attached hydrogens (tertiary/aromatic N) is 2. The Bertz CT molecular complexity index is 1270. The maximum atomic E-state index is 12.9. The van der Waals surface area contributed by atoms with Crippen molar-refractivity contribution < 1.29 is 9.84 Å². The van der Waals surface area contributed by atoms with Crippen LogP contribution >= 0.6 is 11.3 Å².